The van der Waals surface area contributed by atoms with Gasteiger partial charge in [-0.15, -0.1) is 0 Å². The van der Waals surface area contributed by atoms with E-state index in [1.807, 2.05) is 0 Å². The SMILES string of the molecule is CO[Si](C)(OC)C1CCC(C(=O)O)CC1. The molecule has 15 heavy (non-hydrogen) atoms. The van der Waals surface area contributed by atoms with Crippen LogP contribution in [0.15, 0.2) is 0 Å². The summed E-state index contributed by atoms with van der Waals surface area (Å²) >= 11 is 0. The molecule has 1 fully saturated rings. The van der Waals surface area contributed by atoms with Crippen LogP contribution in [0.4, 0.5) is 0 Å². The van der Waals surface area contributed by atoms with Crippen molar-refractivity contribution >= 4 is 14.5 Å². The van der Waals surface area contributed by atoms with E-state index in [0.29, 0.717) is 5.54 Å². The second-order valence-electron chi connectivity index (χ2n) is 4.31. The molecule has 0 aromatic rings. The van der Waals surface area contributed by atoms with Crippen molar-refractivity contribution in [2.75, 3.05) is 14.2 Å². The van der Waals surface area contributed by atoms with Crippen LogP contribution in [-0.2, 0) is 13.6 Å². The lowest BCUT2D eigenvalue weighted by molar-refractivity contribution is -0.142. The smallest absolute Gasteiger partial charge is 0.337 e. The van der Waals surface area contributed by atoms with Gasteiger partial charge in [0.2, 0.25) is 0 Å². The van der Waals surface area contributed by atoms with Crippen LogP contribution < -0.4 is 0 Å². The van der Waals surface area contributed by atoms with Gasteiger partial charge in [0.25, 0.3) is 0 Å². The molecule has 1 aliphatic rings. The molecule has 0 unspecified atom stereocenters. The van der Waals surface area contributed by atoms with E-state index in [2.05, 4.69) is 6.55 Å². The van der Waals surface area contributed by atoms with Gasteiger partial charge in [-0.3, -0.25) is 4.79 Å². The number of carboxylic acid groups (broad SMARTS) is 1. The third-order valence-electron chi connectivity index (χ3n) is 3.63. The number of carboxylic acids is 1. The largest absolute Gasteiger partial charge is 0.481 e. The van der Waals surface area contributed by atoms with Crippen molar-refractivity contribution in [3.05, 3.63) is 0 Å². The van der Waals surface area contributed by atoms with Crippen LogP contribution in [-0.4, -0.2) is 33.9 Å². The normalized spacial score (nSPS) is 27.7. The number of aliphatic carboxylic acids is 1. The van der Waals surface area contributed by atoms with Crippen LogP contribution in [0, 0.1) is 5.92 Å². The van der Waals surface area contributed by atoms with Gasteiger partial charge in [0.1, 0.15) is 0 Å². The quantitative estimate of drug-likeness (QED) is 0.753. The third-order valence-corrected chi connectivity index (χ3v) is 7.31. The summed E-state index contributed by atoms with van der Waals surface area (Å²) in [6.07, 6.45) is 3.35. The fraction of sp³-hybridized carbons (Fsp3) is 0.900. The van der Waals surface area contributed by atoms with Crippen molar-refractivity contribution in [3.63, 3.8) is 0 Å². The Morgan fingerprint density at radius 1 is 1.20 bits per heavy atom. The lowest BCUT2D eigenvalue weighted by Crippen LogP contribution is -2.43. The van der Waals surface area contributed by atoms with Gasteiger partial charge < -0.3 is 14.0 Å². The van der Waals surface area contributed by atoms with Gasteiger partial charge in [-0.2, -0.15) is 0 Å². The molecule has 0 atom stereocenters. The van der Waals surface area contributed by atoms with E-state index in [1.54, 1.807) is 14.2 Å². The van der Waals surface area contributed by atoms with E-state index in [-0.39, 0.29) is 5.92 Å². The van der Waals surface area contributed by atoms with E-state index in [0.717, 1.165) is 25.7 Å². The first kappa shape index (κ1) is 12.7. The van der Waals surface area contributed by atoms with Crippen molar-refractivity contribution < 1.29 is 18.8 Å². The zero-order valence-electron chi connectivity index (χ0n) is 9.66. The Hall–Kier alpha value is -0.393. The number of carbonyl (C=O) groups is 1. The fourth-order valence-electron chi connectivity index (χ4n) is 2.28. The lowest BCUT2D eigenvalue weighted by Gasteiger charge is -2.35. The second-order valence-corrected chi connectivity index (χ2v) is 7.98. The number of rotatable bonds is 4. The molecule has 5 heteroatoms. The maximum atomic E-state index is 10.8. The predicted octanol–water partition coefficient (Wildman–Crippen LogP) is 2.00. The molecule has 0 saturated heterocycles. The van der Waals surface area contributed by atoms with E-state index in [9.17, 15) is 4.79 Å². The molecule has 0 amide bonds. The second kappa shape index (κ2) is 5.09. The first-order chi connectivity index (χ1) is 7.03. The molecule has 88 valence electrons. The summed E-state index contributed by atoms with van der Waals surface area (Å²) in [5.74, 6) is -0.820. The van der Waals surface area contributed by atoms with Gasteiger partial charge in [-0.1, -0.05) is 0 Å². The monoisotopic (exact) mass is 232 g/mol. The highest BCUT2D eigenvalue weighted by atomic mass is 28.4. The maximum Gasteiger partial charge on any atom is 0.337 e. The van der Waals surface area contributed by atoms with Crippen molar-refractivity contribution in [1.82, 2.24) is 0 Å². The Morgan fingerprint density at radius 3 is 2.00 bits per heavy atom. The fourth-order valence-corrected chi connectivity index (χ4v) is 4.50. The van der Waals surface area contributed by atoms with E-state index >= 15 is 0 Å². The molecule has 0 aromatic carbocycles. The van der Waals surface area contributed by atoms with Gasteiger partial charge >= 0.3 is 14.5 Å². The Kier molecular flexibility index (Phi) is 4.30. The minimum atomic E-state index is -2.05. The van der Waals surface area contributed by atoms with Crippen LogP contribution >= 0.6 is 0 Å². The third kappa shape index (κ3) is 2.80. The van der Waals surface area contributed by atoms with Gasteiger partial charge in [0, 0.05) is 19.8 Å². The van der Waals surface area contributed by atoms with Crippen LogP contribution in [0.1, 0.15) is 25.7 Å². The molecular formula is C10H20O4Si. The molecule has 0 aromatic heterocycles. The van der Waals surface area contributed by atoms with E-state index < -0.39 is 14.5 Å². The van der Waals surface area contributed by atoms with Gasteiger partial charge in [-0.25, -0.2) is 0 Å². The molecule has 1 aliphatic carbocycles. The summed E-state index contributed by atoms with van der Waals surface area (Å²) in [7, 11) is 1.33. The zero-order valence-corrected chi connectivity index (χ0v) is 10.7. The Labute approximate surface area is 91.8 Å². The number of hydrogen-bond acceptors (Lipinski definition) is 3. The minimum absolute atomic E-state index is 0.159. The maximum absolute atomic E-state index is 10.8. The summed E-state index contributed by atoms with van der Waals surface area (Å²) in [5.41, 5.74) is 0.433. The van der Waals surface area contributed by atoms with Crippen molar-refractivity contribution in [3.8, 4) is 0 Å². The van der Waals surface area contributed by atoms with E-state index in [1.165, 1.54) is 0 Å². The zero-order chi connectivity index (χ0) is 11.5. The average molecular weight is 232 g/mol. The van der Waals surface area contributed by atoms with Gasteiger partial charge in [0.05, 0.1) is 5.92 Å². The van der Waals surface area contributed by atoms with Crippen LogP contribution in [0.25, 0.3) is 0 Å². The summed E-state index contributed by atoms with van der Waals surface area (Å²) in [6.45, 7) is 2.05. The molecular weight excluding hydrogens is 212 g/mol. The minimum Gasteiger partial charge on any atom is -0.481 e. The highest BCUT2D eigenvalue weighted by Gasteiger charge is 2.42. The van der Waals surface area contributed by atoms with Crippen molar-refractivity contribution in [1.29, 1.82) is 0 Å². The van der Waals surface area contributed by atoms with Crippen molar-refractivity contribution in [2.24, 2.45) is 5.92 Å². The Balaban J connectivity index is 2.53. The summed E-state index contributed by atoms with van der Waals surface area (Å²) < 4.78 is 11.0. The first-order valence-corrected chi connectivity index (χ1v) is 7.76. The molecule has 1 rings (SSSR count). The average Bonchev–Trinajstić information content (AvgIpc) is 2.28. The lowest BCUT2D eigenvalue weighted by atomic mass is 9.89. The molecule has 0 heterocycles. The summed E-state index contributed by atoms with van der Waals surface area (Å²) in [6, 6.07) is 0. The Morgan fingerprint density at radius 2 is 1.67 bits per heavy atom. The molecule has 0 aliphatic heterocycles. The molecule has 0 bridgehead atoms. The molecule has 1 N–H and O–H groups in total. The number of hydrogen-bond donors (Lipinski definition) is 1. The molecule has 0 radical (unpaired) electrons. The Bertz CT molecular complexity index is 219. The van der Waals surface area contributed by atoms with Gasteiger partial charge in [-0.05, 0) is 32.2 Å². The predicted molar refractivity (Wildman–Crippen MR) is 59.0 cm³/mol. The first-order valence-electron chi connectivity index (χ1n) is 5.36. The molecule has 4 nitrogen and oxygen atoms in total. The van der Waals surface area contributed by atoms with Crippen molar-refractivity contribution in [2.45, 2.75) is 37.8 Å². The van der Waals surface area contributed by atoms with Crippen LogP contribution in [0.2, 0.25) is 12.1 Å². The van der Waals surface area contributed by atoms with E-state index in [4.69, 9.17) is 14.0 Å². The topological polar surface area (TPSA) is 55.8 Å². The van der Waals surface area contributed by atoms with Gasteiger partial charge in [0.15, 0.2) is 0 Å². The summed E-state index contributed by atoms with van der Waals surface area (Å²) in [5, 5.41) is 8.89. The highest BCUT2D eigenvalue weighted by molar-refractivity contribution is 6.67. The molecule has 0 spiro atoms. The van der Waals surface area contributed by atoms with Crippen LogP contribution in [0.5, 0.6) is 0 Å². The standard InChI is InChI=1S/C10H20O4Si/c1-13-15(3,14-2)9-6-4-8(5-7-9)10(11)12/h8-9H,4-7H2,1-3H3,(H,11,12). The summed E-state index contributed by atoms with van der Waals surface area (Å²) in [4.78, 5) is 10.8. The molecule has 1 saturated carbocycles. The van der Waals surface area contributed by atoms with Crippen LogP contribution in [0.3, 0.4) is 0 Å². The highest BCUT2D eigenvalue weighted by Crippen LogP contribution is 2.39.